The molecular weight excluding hydrogens is 252 g/mol. The van der Waals surface area contributed by atoms with E-state index in [-0.39, 0.29) is 0 Å². The Balaban J connectivity index is 2.08. The van der Waals surface area contributed by atoms with Crippen LogP contribution in [0.2, 0.25) is 0 Å². The predicted molar refractivity (Wildman–Crippen MR) is 78.0 cm³/mol. The molecule has 0 aliphatic heterocycles. The van der Waals surface area contributed by atoms with Crippen LogP contribution in [-0.2, 0) is 11.4 Å². The lowest BCUT2D eigenvalue weighted by Crippen LogP contribution is -2.09. The second-order valence-corrected chi connectivity index (χ2v) is 4.85. The highest BCUT2D eigenvalue weighted by Crippen LogP contribution is 2.24. The number of carboxylic acid groups (broad SMARTS) is 1. The Bertz CT molecular complexity index is 590. The SMILES string of the molecule is Cc1cc(OCc2ccccc2)ccc1C(C)C(=O)O. The largest absolute Gasteiger partial charge is 0.489 e. The lowest BCUT2D eigenvalue weighted by molar-refractivity contribution is -0.138. The van der Waals surface area contributed by atoms with Gasteiger partial charge in [-0.3, -0.25) is 4.79 Å². The van der Waals surface area contributed by atoms with Gasteiger partial charge in [0.2, 0.25) is 0 Å². The maximum Gasteiger partial charge on any atom is 0.310 e. The molecule has 0 bridgehead atoms. The van der Waals surface area contributed by atoms with Gasteiger partial charge in [0.25, 0.3) is 0 Å². The summed E-state index contributed by atoms with van der Waals surface area (Å²) in [5.41, 5.74) is 2.86. The molecule has 1 atom stereocenters. The molecule has 3 heteroatoms. The fraction of sp³-hybridized carbons (Fsp3) is 0.235. The molecule has 20 heavy (non-hydrogen) atoms. The molecule has 2 aromatic carbocycles. The van der Waals surface area contributed by atoms with Crippen LogP contribution >= 0.6 is 0 Å². The third-order valence-electron chi connectivity index (χ3n) is 3.33. The molecule has 0 radical (unpaired) electrons. The Hall–Kier alpha value is -2.29. The summed E-state index contributed by atoms with van der Waals surface area (Å²) < 4.78 is 5.72. The van der Waals surface area contributed by atoms with Crippen molar-refractivity contribution < 1.29 is 14.6 Å². The average molecular weight is 270 g/mol. The molecule has 0 amide bonds. The summed E-state index contributed by atoms with van der Waals surface area (Å²) >= 11 is 0. The van der Waals surface area contributed by atoms with Gasteiger partial charge in [0.15, 0.2) is 0 Å². The van der Waals surface area contributed by atoms with Crippen LogP contribution in [0.25, 0.3) is 0 Å². The van der Waals surface area contributed by atoms with E-state index in [1.807, 2.05) is 55.5 Å². The van der Waals surface area contributed by atoms with E-state index in [1.165, 1.54) is 0 Å². The Morgan fingerprint density at radius 2 is 1.90 bits per heavy atom. The van der Waals surface area contributed by atoms with Crippen molar-refractivity contribution in [3.63, 3.8) is 0 Å². The highest BCUT2D eigenvalue weighted by atomic mass is 16.5. The smallest absolute Gasteiger partial charge is 0.310 e. The molecule has 0 saturated heterocycles. The Kier molecular flexibility index (Phi) is 4.41. The van der Waals surface area contributed by atoms with E-state index >= 15 is 0 Å². The van der Waals surface area contributed by atoms with Crippen molar-refractivity contribution >= 4 is 5.97 Å². The molecule has 1 N–H and O–H groups in total. The molecule has 1 unspecified atom stereocenters. The first-order valence-electron chi connectivity index (χ1n) is 6.58. The molecular formula is C17H18O3. The number of carboxylic acids is 1. The molecule has 0 spiro atoms. The van der Waals surface area contributed by atoms with Gasteiger partial charge >= 0.3 is 5.97 Å². The van der Waals surface area contributed by atoms with E-state index in [0.717, 1.165) is 22.4 Å². The lowest BCUT2D eigenvalue weighted by Gasteiger charge is -2.13. The lowest BCUT2D eigenvalue weighted by atomic mass is 9.96. The van der Waals surface area contributed by atoms with E-state index in [1.54, 1.807) is 6.92 Å². The van der Waals surface area contributed by atoms with Gasteiger partial charge in [0, 0.05) is 0 Å². The third kappa shape index (κ3) is 3.38. The molecule has 0 fully saturated rings. The standard InChI is InChI=1S/C17H18O3/c1-12-10-15(8-9-16(12)13(2)17(18)19)20-11-14-6-4-3-5-7-14/h3-10,13H,11H2,1-2H3,(H,18,19). The number of aryl methyl sites for hydroxylation is 1. The summed E-state index contributed by atoms with van der Waals surface area (Å²) in [7, 11) is 0. The van der Waals surface area contributed by atoms with Gasteiger partial charge < -0.3 is 9.84 Å². The van der Waals surface area contributed by atoms with Crippen molar-refractivity contribution in [2.75, 3.05) is 0 Å². The maximum absolute atomic E-state index is 11.0. The van der Waals surface area contributed by atoms with Crippen molar-refractivity contribution in [2.45, 2.75) is 26.4 Å². The highest BCUT2D eigenvalue weighted by Gasteiger charge is 2.16. The zero-order valence-corrected chi connectivity index (χ0v) is 11.7. The predicted octanol–water partition coefficient (Wildman–Crippen LogP) is 3.76. The minimum atomic E-state index is -0.814. The second-order valence-electron chi connectivity index (χ2n) is 4.85. The van der Waals surface area contributed by atoms with Gasteiger partial charge in [0.05, 0.1) is 5.92 Å². The van der Waals surface area contributed by atoms with Crippen LogP contribution in [0, 0.1) is 6.92 Å². The fourth-order valence-electron chi connectivity index (χ4n) is 2.10. The van der Waals surface area contributed by atoms with Crippen molar-refractivity contribution in [1.82, 2.24) is 0 Å². The molecule has 2 aromatic rings. The molecule has 2 rings (SSSR count). The zero-order valence-electron chi connectivity index (χ0n) is 11.7. The number of aliphatic carboxylic acids is 1. The number of hydrogen-bond donors (Lipinski definition) is 1. The summed E-state index contributed by atoms with van der Waals surface area (Å²) in [5, 5.41) is 9.05. The van der Waals surface area contributed by atoms with Crippen LogP contribution in [0.1, 0.15) is 29.5 Å². The Morgan fingerprint density at radius 3 is 2.50 bits per heavy atom. The average Bonchev–Trinajstić information content (AvgIpc) is 2.45. The first-order valence-corrected chi connectivity index (χ1v) is 6.58. The minimum Gasteiger partial charge on any atom is -0.489 e. The zero-order chi connectivity index (χ0) is 14.5. The van der Waals surface area contributed by atoms with Crippen LogP contribution in [0.5, 0.6) is 5.75 Å². The highest BCUT2D eigenvalue weighted by molar-refractivity contribution is 5.76. The summed E-state index contributed by atoms with van der Waals surface area (Å²) in [5.74, 6) is -0.558. The van der Waals surface area contributed by atoms with Crippen LogP contribution in [0.3, 0.4) is 0 Å². The Labute approximate surface area is 118 Å². The van der Waals surface area contributed by atoms with Crippen LogP contribution in [0.4, 0.5) is 0 Å². The summed E-state index contributed by atoms with van der Waals surface area (Å²) in [6.45, 7) is 4.10. The minimum absolute atomic E-state index is 0.502. The number of benzene rings is 2. The van der Waals surface area contributed by atoms with Crippen molar-refractivity contribution in [1.29, 1.82) is 0 Å². The number of hydrogen-bond acceptors (Lipinski definition) is 2. The number of rotatable bonds is 5. The van der Waals surface area contributed by atoms with E-state index in [2.05, 4.69) is 0 Å². The first kappa shape index (κ1) is 14.1. The van der Waals surface area contributed by atoms with E-state index in [9.17, 15) is 4.79 Å². The van der Waals surface area contributed by atoms with Gasteiger partial charge in [-0.1, -0.05) is 36.4 Å². The van der Waals surface area contributed by atoms with E-state index in [0.29, 0.717) is 6.61 Å². The number of ether oxygens (including phenoxy) is 1. The van der Waals surface area contributed by atoms with E-state index in [4.69, 9.17) is 9.84 Å². The van der Waals surface area contributed by atoms with Crippen LogP contribution in [-0.4, -0.2) is 11.1 Å². The molecule has 0 heterocycles. The van der Waals surface area contributed by atoms with Gasteiger partial charge in [0.1, 0.15) is 12.4 Å². The monoisotopic (exact) mass is 270 g/mol. The molecule has 0 saturated carbocycles. The van der Waals surface area contributed by atoms with Crippen LogP contribution < -0.4 is 4.74 Å². The summed E-state index contributed by atoms with van der Waals surface area (Å²) in [6.07, 6.45) is 0. The van der Waals surface area contributed by atoms with Gasteiger partial charge in [-0.15, -0.1) is 0 Å². The van der Waals surface area contributed by atoms with E-state index < -0.39 is 11.9 Å². The molecule has 3 nitrogen and oxygen atoms in total. The number of carbonyl (C=O) groups is 1. The normalized spacial score (nSPS) is 11.9. The summed E-state index contributed by atoms with van der Waals surface area (Å²) in [4.78, 5) is 11.0. The molecule has 0 aliphatic carbocycles. The van der Waals surface area contributed by atoms with Crippen molar-refractivity contribution in [3.05, 3.63) is 65.2 Å². The van der Waals surface area contributed by atoms with Gasteiger partial charge in [-0.05, 0) is 42.7 Å². The summed E-state index contributed by atoms with van der Waals surface area (Å²) in [6, 6.07) is 15.5. The third-order valence-corrected chi connectivity index (χ3v) is 3.33. The van der Waals surface area contributed by atoms with Crippen molar-refractivity contribution in [3.8, 4) is 5.75 Å². The second kappa shape index (κ2) is 6.24. The fourth-order valence-corrected chi connectivity index (χ4v) is 2.10. The molecule has 0 aliphatic rings. The maximum atomic E-state index is 11.0. The van der Waals surface area contributed by atoms with Gasteiger partial charge in [-0.25, -0.2) is 0 Å². The topological polar surface area (TPSA) is 46.5 Å². The van der Waals surface area contributed by atoms with Crippen molar-refractivity contribution in [2.24, 2.45) is 0 Å². The molecule has 104 valence electrons. The van der Waals surface area contributed by atoms with Gasteiger partial charge in [-0.2, -0.15) is 0 Å². The molecule has 0 aromatic heterocycles. The quantitative estimate of drug-likeness (QED) is 0.899. The van der Waals surface area contributed by atoms with Crippen LogP contribution in [0.15, 0.2) is 48.5 Å². The first-order chi connectivity index (χ1) is 9.58. The Morgan fingerprint density at radius 1 is 1.20 bits per heavy atom.